The predicted molar refractivity (Wildman–Crippen MR) is 101 cm³/mol. The lowest BCUT2D eigenvalue weighted by Crippen LogP contribution is -2.32. The number of hydrogen-bond acceptors (Lipinski definition) is 7. The second-order valence-electron chi connectivity index (χ2n) is 5.64. The Labute approximate surface area is 163 Å². The number of rotatable bonds is 8. The summed E-state index contributed by atoms with van der Waals surface area (Å²) in [5.41, 5.74) is 7.04. The molecule has 1 aromatic carbocycles. The van der Waals surface area contributed by atoms with Crippen LogP contribution in [0.3, 0.4) is 0 Å². The Morgan fingerprint density at radius 1 is 1.26 bits per heavy atom. The number of nitrogens with two attached hydrogens (primary N) is 1. The van der Waals surface area contributed by atoms with Crippen LogP contribution >= 0.6 is 11.6 Å². The zero-order valence-electron chi connectivity index (χ0n) is 15.3. The van der Waals surface area contributed by atoms with Crippen LogP contribution in [0.5, 0.6) is 0 Å². The maximum Gasteiger partial charge on any atom is 0.336 e. The number of esters is 2. The van der Waals surface area contributed by atoms with Gasteiger partial charge in [0, 0.05) is 17.8 Å². The van der Waals surface area contributed by atoms with Gasteiger partial charge in [0.25, 0.3) is 0 Å². The molecule has 0 amide bonds. The first-order valence-corrected chi connectivity index (χ1v) is 8.90. The third kappa shape index (κ3) is 4.88. The normalized spacial score (nSPS) is 16.4. The number of carbonyl (C=O) groups excluding carboxylic acids is 2. The van der Waals surface area contributed by atoms with Crippen molar-refractivity contribution in [1.29, 1.82) is 0 Å². The van der Waals surface area contributed by atoms with E-state index in [0.29, 0.717) is 29.4 Å². The summed E-state index contributed by atoms with van der Waals surface area (Å²) in [5, 5.41) is 3.38. The largest absolute Gasteiger partial charge is 0.466 e. The van der Waals surface area contributed by atoms with Gasteiger partial charge in [-0.05, 0) is 18.6 Å². The van der Waals surface area contributed by atoms with Crippen molar-refractivity contribution in [1.82, 2.24) is 5.32 Å². The first-order valence-electron chi connectivity index (χ1n) is 8.52. The summed E-state index contributed by atoms with van der Waals surface area (Å²) in [6, 6.07) is 7.01. The number of halogens is 1. The van der Waals surface area contributed by atoms with Crippen molar-refractivity contribution in [2.24, 2.45) is 5.73 Å². The maximum atomic E-state index is 12.8. The van der Waals surface area contributed by atoms with Crippen LogP contribution in [0.4, 0.5) is 0 Å². The Morgan fingerprint density at radius 3 is 2.63 bits per heavy atom. The number of ether oxygens (including phenoxy) is 3. The summed E-state index contributed by atoms with van der Waals surface area (Å²) < 4.78 is 15.6. The van der Waals surface area contributed by atoms with Gasteiger partial charge in [0.05, 0.1) is 49.7 Å². The highest BCUT2D eigenvalue weighted by Gasteiger charge is 2.37. The van der Waals surface area contributed by atoms with Gasteiger partial charge in [0.1, 0.15) is 0 Å². The van der Waals surface area contributed by atoms with Gasteiger partial charge in [0.15, 0.2) is 0 Å². The molecule has 7 nitrogen and oxygen atoms in total. The average molecular weight is 395 g/mol. The highest BCUT2D eigenvalue weighted by molar-refractivity contribution is 6.31. The van der Waals surface area contributed by atoms with Crippen molar-refractivity contribution in [3.05, 3.63) is 57.9 Å². The van der Waals surface area contributed by atoms with Gasteiger partial charge in [0.2, 0.25) is 0 Å². The van der Waals surface area contributed by atoms with Gasteiger partial charge in [-0.2, -0.15) is 0 Å². The number of benzene rings is 1. The molecule has 8 heteroatoms. The van der Waals surface area contributed by atoms with Crippen molar-refractivity contribution in [2.45, 2.75) is 12.8 Å². The summed E-state index contributed by atoms with van der Waals surface area (Å²) in [6.07, 6.45) is 1.50. The molecule has 0 saturated heterocycles. The highest BCUT2D eigenvalue weighted by Crippen LogP contribution is 2.40. The molecular formula is C19H23ClN2O5. The Kier molecular flexibility index (Phi) is 7.84. The van der Waals surface area contributed by atoms with Crippen LogP contribution in [0.25, 0.3) is 0 Å². The fourth-order valence-electron chi connectivity index (χ4n) is 2.81. The minimum Gasteiger partial charge on any atom is -0.466 e. The van der Waals surface area contributed by atoms with E-state index in [1.807, 2.05) is 0 Å². The molecule has 0 fully saturated rings. The SMILES string of the molecule is CCOC(=O)C1=C(COCCN)NC=C(C(=O)OC)[C@@H]1c1ccccc1Cl. The Morgan fingerprint density at radius 2 is 2.00 bits per heavy atom. The molecule has 0 bridgehead atoms. The number of methoxy groups -OCH3 is 1. The van der Waals surface area contributed by atoms with Crippen LogP contribution in [0.1, 0.15) is 18.4 Å². The molecule has 1 heterocycles. The van der Waals surface area contributed by atoms with Crippen molar-refractivity contribution < 1.29 is 23.8 Å². The molecule has 0 aliphatic carbocycles. The summed E-state index contributed by atoms with van der Waals surface area (Å²) in [7, 11) is 1.28. The van der Waals surface area contributed by atoms with E-state index >= 15 is 0 Å². The fraction of sp³-hybridized carbons (Fsp3) is 0.368. The lowest BCUT2D eigenvalue weighted by Gasteiger charge is -2.29. The summed E-state index contributed by atoms with van der Waals surface area (Å²) in [5.74, 6) is -1.88. The smallest absolute Gasteiger partial charge is 0.336 e. The van der Waals surface area contributed by atoms with Crippen molar-refractivity contribution in [3.63, 3.8) is 0 Å². The molecule has 27 heavy (non-hydrogen) atoms. The Bertz CT molecular complexity index is 760. The highest BCUT2D eigenvalue weighted by atomic mass is 35.5. The van der Waals surface area contributed by atoms with E-state index in [-0.39, 0.29) is 24.4 Å². The third-order valence-electron chi connectivity index (χ3n) is 3.97. The fourth-order valence-corrected chi connectivity index (χ4v) is 3.05. The molecule has 0 radical (unpaired) electrons. The van der Waals surface area contributed by atoms with Crippen molar-refractivity contribution >= 4 is 23.5 Å². The second-order valence-corrected chi connectivity index (χ2v) is 6.05. The Balaban J connectivity index is 2.59. The van der Waals surface area contributed by atoms with Crippen molar-refractivity contribution in [3.8, 4) is 0 Å². The average Bonchev–Trinajstić information content (AvgIpc) is 2.67. The van der Waals surface area contributed by atoms with Gasteiger partial charge in [-0.1, -0.05) is 29.8 Å². The van der Waals surface area contributed by atoms with E-state index < -0.39 is 17.9 Å². The molecule has 0 saturated carbocycles. The van der Waals surface area contributed by atoms with Gasteiger partial charge in [-0.3, -0.25) is 0 Å². The van der Waals surface area contributed by atoms with Gasteiger partial charge < -0.3 is 25.3 Å². The summed E-state index contributed by atoms with van der Waals surface area (Å²) in [6.45, 7) is 2.68. The first-order chi connectivity index (χ1) is 13.0. The van der Waals surface area contributed by atoms with Gasteiger partial charge >= 0.3 is 11.9 Å². The topological polar surface area (TPSA) is 99.9 Å². The van der Waals surface area contributed by atoms with Crippen molar-refractivity contribution in [2.75, 3.05) is 33.5 Å². The van der Waals surface area contributed by atoms with Crippen LogP contribution in [-0.2, 0) is 23.8 Å². The van der Waals surface area contributed by atoms with E-state index in [0.717, 1.165) is 0 Å². The molecule has 0 aromatic heterocycles. The summed E-state index contributed by atoms with van der Waals surface area (Å²) in [4.78, 5) is 25.1. The minimum atomic E-state index is -0.747. The number of hydrogen-bond donors (Lipinski definition) is 2. The lowest BCUT2D eigenvalue weighted by atomic mass is 9.82. The molecule has 3 N–H and O–H groups in total. The molecule has 146 valence electrons. The monoisotopic (exact) mass is 394 g/mol. The number of carbonyl (C=O) groups is 2. The molecule has 1 atom stereocenters. The van der Waals surface area contributed by atoms with Crippen LogP contribution in [-0.4, -0.2) is 45.4 Å². The molecular weight excluding hydrogens is 372 g/mol. The minimum absolute atomic E-state index is 0.108. The second kappa shape index (κ2) is 10.1. The van der Waals surface area contributed by atoms with Crippen LogP contribution < -0.4 is 11.1 Å². The number of dihydropyridines is 1. The zero-order chi connectivity index (χ0) is 19.8. The maximum absolute atomic E-state index is 12.8. The first kappa shape index (κ1) is 21.0. The molecule has 1 aliphatic rings. The van der Waals surface area contributed by atoms with Gasteiger partial charge in [-0.15, -0.1) is 0 Å². The summed E-state index contributed by atoms with van der Waals surface area (Å²) >= 11 is 6.37. The quantitative estimate of drug-likeness (QED) is 0.513. The number of nitrogens with one attached hydrogen (secondary N) is 1. The molecule has 1 aliphatic heterocycles. The standard InChI is InChI=1S/C19H23ClN2O5/c1-3-27-19(24)17-15(11-26-9-8-21)22-10-13(18(23)25-2)16(17)12-6-4-5-7-14(12)20/h4-7,10,16,22H,3,8-9,11,21H2,1-2H3/t16-/m0/s1. The van der Waals surface area contributed by atoms with E-state index in [1.54, 1.807) is 31.2 Å². The lowest BCUT2D eigenvalue weighted by molar-refractivity contribution is -0.139. The Hall–Kier alpha value is -2.35. The van der Waals surface area contributed by atoms with Crippen LogP contribution in [0.2, 0.25) is 5.02 Å². The van der Waals surface area contributed by atoms with Crippen LogP contribution in [0.15, 0.2) is 47.3 Å². The molecule has 0 unspecified atom stereocenters. The van der Waals surface area contributed by atoms with Gasteiger partial charge in [-0.25, -0.2) is 9.59 Å². The van der Waals surface area contributed by atoms with Crippen LogP contribution in [0, 0.1) is 0 Å². The third-order valence-corrected chi connectivity index (χ3v) is 4.31. The zero-order valence-corrected chi connectivity index (χ0v) is 16.0. The molecule has 1 aromatic rings. The van der Waals surface area contributed by atoms with E-state index in [2.05, 4.69) is 5.32 Å². The van der Waals surface area contributed by atoms with E-state index in [9.17, 15) is 9.59 Å². The molecule has 2 rings (SSSR count). The van der Waals surface area contributed by atoms with E-state index in [4.69, 9.17) is 31.5 Å². The molecule has 0 spiro atoms. The predicted octanol–water partition coefficient (Wildman–Crippen LogP) is 1.88. The van der Waals surface area contributed by atoms with E-state index in [1.165, 1.54) is 13.3 Å².